The maximum absolute atomic E-state index is 3.42. The van der Waals surface area contributed by atoms with E-state index >= 15 is 0 Å². The van der Waals surface area contributed by atoms with Crippen LogP contribution in [0.15, 0.2) is 17.5 Å². The Morgan fingerprint density at radius 1 is 1.42 bits per heavy atom. The van der Waals surface area contributed by atoms with Gasteiger partial charge in [0.05, 0.1) is 0 Å². The minimum atomic E-state index is 0.669. The van der Waals surface area contributed by atoms with Gasteiger partial charge in [0.15, 0.2) is 0 Å². The largest absolute Gasteiger partial charge is 0.314 e. The van der Waals surface area contributed by atoms with Crippen molar-refractivity contribution < 1.29 is 0 Å². The second-order valence-corrected chi connectivity index (χ2v) is 6.85. The first kappa shape index (κ1) is 13.6. The molecule has 0 aromatic carbocycles. The second-order valence-electron chi connectivity index (χ2n) is 5.87. The zero-order chi connectivity index (χ0) is 13.1. The number of hydrogen-bond acceptors (Lipinski definition) is 4. The number of likely N-dealkylation sites (N-methyl/N-ethyl adjacent to an activating group) is 1. The molecule has 1 aromatic heterocycles. The highest BCUT2D eigenvalue weighted by molar-refractivity contribution is 7.10. The lowest BCUT2D eigenvalue weighted by molar-refractivity contribution is 0.168. The van der Waals surface area contributed by atoms with Gasteiger partial charge in [0, 0.05) is 50.2 Å². The number of nitrogens with one attached hydrogen (secondary N) is 1. The molecule has 1 unspecified atom stereocenters. The molecule has 2 fully saturated rings. The van der Waals surface area contributed by atoms with Gasteiger partial charge in [-0.2, -0.15) is 0 Å². The molecular weight excluding hydrogens is 254 g/mol. The molecule has 19 heavy (non-hydrogen) atoms. The van der Waals surface area contributed by atoms with E-state index in [9.17, 15) is 0 Å². The van der Waals surface area contributed by atoms with Crippen LogP contribution in [0.3, 0.4) is 0 Å². The van der Waals surface area contributed by atoms with Gasteiger partial charge in [-0.1, -0.05) is 6.07 Å². The van der Waals surface area contributed by atoms with Crippen molar-refractivity contribution in [2.45, 2.75) is 18.9 Å². The van der Waals surface area contributed by atoms with Gasteiger partial charge >= 0.3 is 0 Å². The standard InChI is InChI=1S/C15H25N3S/c1-17(10-11-18-8-6-16-7-9-18)15(13-4-5-13)14-3-2-12-19-14/h2-3,12-13,15-16H,4-11H2,1H3. The first-order valence-electron chi connectivity index (χ1n) is 7.51. The maximum atomic E-state index is 3.42. The Hall–Kier alpha value is -0.420. The normalized spacial score (nSPS) is 22.8. The zero-order valence-corrected chi connectivity index (χ0v) is 12.7. The number of thiophene rings is 1. The highest BCUT2D eigenvalue weighted by atomic mass is 32.1. The lowest BCUT2D eigenvalue weighted by atomic mass is 10.1. The smallest absolute Gasteiger partial charge is 0.0467 e. The van der Waals surface area contributed by atoms with Gasteiger partial charge in [-0.15, -0.1) is 11.3 Å². The molecule has 1 aliphatic carbocycles. The van der Waals surface area contributed by atoms with Crippen LogP contribution in [0.25, 0.3) is 0 Å². The monoisotopic (exact) mass is 279 g/mol. The summed E-state index contributed by atoms with van der Waals surface area (Å²) in [7, 11) is 2.31. The highest BCUT2D eigenvalue weighted by Crippen LogP contribution is 2.45. The van der Waals surface area contributed by atoms with Crippen LogP contribution in [0.5, 0.6) is 0 Å². The molecule has 3 nitrogen and oxygen atoms in total. The molecule has 1 atom stereocenters. The quantitative estimate of drug-likeness (QED) is 0.860. The van der Waals surface area contributed by atoms with Gasteiger partial charge in [-0.3, -0.25) is 9.80 Å². The first-order valence-corrected chi connectivity index (χ1v) is 8.39. The molecule has 1 aliphatic heterocycles. The molecule has 0 spiro atoms. The van der Waals surface area contributed by atoms with Gasteiger partial charge < -0.3 is 5.32 Å². The Kier molecular flexibility index (Phi) is 4.53. The molecule has 1 aromatic rings. The molecule has 106 valence electrons. The number of hydrogen-bond donors (Lipinski definition) is 1. The van der Waals surface area contributed by atoms with Crippen molar-refractivity contribution in [1.29, 1.82) is 0 Å². The summed E-state index contributed by atoms with van der Waals surface area (Å²) in [6.07, 6.45) is 2.83. The van der Waals surface area contributed by atoms with Crippen molar-refractivity contribution in [2.75, 3.05) is 46.3 Å². The van der Waals surface area contributed by atoms with E-state index < -0.39 is 0 Å². The van der Waals surface area contributed by atoms with E-state index in [2.05, 4.69) is 39.7 Å². The van der Waals surface area contributed by atoms with Crippen LogP contribution < -0.4 is 5.32 Å². The molecule has 4 heteroatoms. The molecular formula is C15H25N3S. The Morgan fingerprint density at radius 2 is 2.21 bits per heavy atom. The fraction of sp³-hybridized carbons (Fsp3) is 0.733. The summed E-state index contributed by atoms with van der Waals surface area (Å²) in [4.78, 5) is 6.74. The van der Waals surface area contributed by atoms with E-state index in [1.807, 2.05) is 11.3 Å². The lowest BCUT2D eigenvalue weighted by Crippen LogP contribution is -2.46. The molecule has 1 saturated heterocycles. The summed E-state index contributed by atoms with van der Waals surface area (Å²) < 4.78 is 0. The van der Waals surface area contributed by atoms with Crippen molar-refractivity contribution in [1.82, 2.24) is 15.1 Å². The molecule has 0 amide bonds. The molecule has 1 saturated carbocycles. The second kappa shape index (κ2) is 6.35. The Bertz CT molecular complexity index is 369. The summed E-state index contributed by atoms with van der Waals surface area (Å²) in [5.41, 5.74) is 0. The van der Waals surface area contributed by atoms with Crippen LogP contribution in [0.2, 0.25) is 0 Å². The van der Waals surface area contributed by atoms with Crippen LogP contribution in [0, 0.1) is 5.92 Å². The van der Waals surface area contributed by atoms with E-state index in [1.54, 1.807) is 4.88 Å². The van der Waals surface area contributed by atoms with Crippen LogP contribution in [0.1, 0.15) is 23.8 Å². The van der Waals surface area contributed by atoms with Crippen LogP contribution in [0.4, 0.5) is 0 Å². The Labute approximate surface area is 120 Å². The van der Waals surface area contributed by atoms with Crippen molar-refractivity contribution in [2.24, 2.45) is 5.92 Å². The van der Waals surface area contributed by atoms with E-state index in [-0.39, 0.29) is 0 Å². The predicted molar refractivity (Wildman–Crippen MR) is 81.7 cm³/mol. The fourth-order valence-corrected chi connectivity index (χ4v) is 4.04. The maximum Gasteiger partial charge on any atom is 0.0467 e. The van der Waals surface area contributed by atoms with Gasteiger partial charge in [-0.05, 0) is 37.3 Å². The van der Waals surface area contributed by atoms with Crippen molar-refractivity contribution >= 4 is 11.3 Å². The predicted octanol–water partition coefficient (Wildman–Crippen LogP) is 2.04. The van der Waals surface area contributed by atoms with Gasteiger partial charge in [0.2, 0.25) is 0 Å². The first-order chi connectivity index (χ1) is 9.34. The van der Waals surface area contributed by atoms with E-state index in [1.165, 1.54) is 39.0 Å². The van der Waals surface area contributed by atoms with Gasteiger partial charge in [-0.25, -0.2) is 0 Å². The summed E-state index contributed by atoms with van der Waals surface area (Å²) >= 11 is 1.92. The van der Waals surface area contributed by atoms with Gasteiger partial charge in [0.25, 0.3) is 0 Å². The van der Waals surface area contributed by atoms with Crippen LogP contribution in [-0.4, -0.2) is 56.1 Å². The molecule has 0 radical (unpaired) electrons. The average Bonchev–Trinajstić information content (AvgIpc) is 3.12. The number of piperazine rings is 1. The summed E-state index contributed by atoms with van der Waals surface area (Å²) in [5.74, 6) is 0.909. The fourth-order valence-electron chi connectivity index (χ4n) is 3.05. The minimum Gasteiger partial charge on any atom is -0.314 e. The SMILES string of the molecule is CN(CCN1CCNCC1)C(c1cccs1)C1CC1. The minimum absolute atomic E-state index is 0.669. The average molecular weight is 279 g/mol. The number of nitrogens with zero attached hydrogens (tertiary/aromatic N) is 2. The van der Waals surface area contributed by atoms with Crippen LogP contribution >= 0.6 is 11.3 Å². The van der Waals surface area contributed by atoms with Crippen molar-refractivity contribution in [3.05, 3.63) is 22.4 Å². The third-order valence-corrected chi connectivity index (χ3v) is 5.30. The van der Waals surface area contributed by atoms with Crippen LogP contribution in [-0.2, 0) is 0 Å². The number of rotatable bonds is 6. The van der Waals surface area contributed by atoms with Crippen molar-refractivity contribution in [3.8, 4) is 0 Å². The van der Waals surface area contributed by atoms with E-state index in [0.29, 0.717) is 6.04 Å². The zero-order valence-electron chi connectivity index (χ0n) is 11.8. The van der Waals surface area contributed by atoms with Gasteiger partial charge in [0.1, 0.15) is 0 Å². The lowest BCUT2D eigenvalue weighted by Gasteiger charge is -2.32. The Balaban J connectivity index is 1.53. The summed E-state index contributed by atoms with van der Waals surface area (Å²) in [6, 6.07) is 5.18. The summed E-state index contributed by atoms with van der Waals surface area (Å²) in [6.45, 7) is 7.13. The Morgan fingerprint density at radius 3 is 2.84 bits per heavy atom. The van der Waals surface area contributed by atoms with Crippen molar-refractivity contribution in [3.63, 3.8) is 0 Å². The molecule has 0 bridgehead atoms. The van der Waals surface area contributed by atoms with E-state index in [0.717, 1.165) is 19.0 Å². The highest BCUT2D eigenvalue weighted by Gasteiger charge is 2.35. The molecule has 2 aliphatic rings. The molecule has 1 N–H and O–H groups in total. The third-order valence-electron chi connectivity index (χ3n) is 4.36. The summed E-state index contributed by atoms with van der Waals surface area (Å²) in [5, 5.41) is 5.64. The molecule has 2 heterocycles. The topological polar surface area (TPSA) is 18.5 Å². The third kappa shape index (κ3) is 3.57. The van der Waals surface area contributed by atoms with E-state index in [4.69, 9.17) is 0 Å². The molecule has 3 rings (SSSR count).